The SMILES string of the molecule is O=C1c2ccccc2C(=O)N1CCN1CCC[C@@H]1c1cccs1. The summed E-state index contributed by atoms with van der Waals surface area (Å²) in [6, 6.07) is 11.8. The monoisotopic (exact) mass is 326 g/mol. The number of imide groups is 1. The average molecular weight is 326 g/mol. The molecule has 23 heavy (non-hydrogen) atoms. The Labute approximate surface area is 139 Å². The van der Waals surface area contributed by atoms with E-state index in [1.165, 1.54) is 16.2 Å². The number of carbonyl (C=O) groups is 2. The lowest BCUT2D eigenvalue weighted by molar-refractivity contribution is 0.0633. The van der Waals surface area contributed by atoms with Gasteiger partial charge in [-0.3, -0.25) is 19.4 Å². The zero-order valence-electron chi connectivity index (χ0n) is 12.8. The van der Waals surface area contributed by atoms with Crippen LogP contribution in [0.1, 0.15) is 44.5 Å². The zero-order chi connectivity index (χ0) is 15.8. The van der Waals surface area contributed by atoms with E-state index in [1.807, 2.05) is 0 Å². The number of likely N-dealkylation sites (tertiary alicyclic amines) is 1. The molecule has 2 aliphatic heterocycles. The molecule has 2 aromatic rings. The van der Waals surface area contributed by atoms with Crippen LogP contribution in [0.2, 0.25) is 0 Å². The molecular weight excluding hydrogens is 308 g/mol. The Morgan fingerprint density at radius 3 is 2.39 bits per heavy atom. The molecule has 2 aliphatic rings. The predicted molar refractivity (Wildman–Crippen MR) is 89.7 cm³/mol. The second kappa shape index (κ2) is 5.91. The second-order valence-corrected chi connectivity index (χ2v) is 7.00. The fraction of sp³-hybridized carbons (Fsp3) is 0.333. The van der Waals surface area contributed by atoms with Crippen molar-refractivity contribution >= 4 is 23.2 Å². The highest BCUT2D eigenvalue weighted by Crippen LogP contribution is 2.34. The first-order chi connectivity index (χ1) is 11.3. The molecule has 0 saturated carbocycles. The van der Waals surface area contributed by atoms with E-state index in [0.29, 0.717) is 23.7 Å². The van der Waals surface area contributed by atoms with Crippen LogP contribution >= 0.6 is 11.3 Å². The third kappa shape index (κ3) is 2.50. The van der Waals surface area contributed by atoms with Gasteiger partial charge in [0.15, 0.2) is 0 Å². The summed E-state index contributed by atoms with van der Waals surface area (Å²) in [7, 11) is 0. The van der Waals surface area contributed by atoms with Crippen molar-refractivity contribution in [2.24, 2.45) is 0 Å². The minimum atomic E-state index is -0.155. The van der Waals surface area contributed by atoms with Crippen molar-refractivity contribution in [1.82, 2.24) is 9.80 Å². The Morgan fingerprint density at radius 2 is 1.74 bits per heavy atom. The molecule has 118 valence electrons. The van der Waals surface area contributed by atoms with E-state index >= 15 is 0 Å². The number of amides is 2. The molecule has 1 fully saturated rings. The molecule has 2 amide bonds. The van der Waals surface area contributed by atoms with Crippen LogP contribution in [0, 0.1) is 0 Å². The Morgan fingerprint density at radius 1 is 1.00 bits per heavy atom. The van der Waals surface area contributed by atoms with Crippen molar-refractivity contribution in [3.8, 4) is 0 Å². The van der Waals surface area contributed by atoms with Gasteiger partial charge in [-0.15, -0.1) is 11.3 Å². The Hall–Kier alpha value is -1.98. The standard InChI is InChI=1S/C18H18N2O2S/c21-17-13-5-1-2-6-14(13)18(22)20(17)11-10-19-9-3-7-15(19)16-8-4-12-23-16/h1-2,4-6,8,12,15H,3,7,9-11H2/t15-/m1/s1. The molecule has 1 atom stereocenters. The molecule has 3 heterocycles. The molecule has 0 radical (unpaired) electrons. The molecule has 1 saturated heterocycles. The minimum Gasteiger partial charge on any atom is -0.294 e. The molecule has 4 rings (SSSR count). The summed E-state index contributed by atoms with van der Waals surface area (Å²) in [6.45, 7) is 2.24. The summed E-state index contributed by atoms with van der Waals surface area (Å²) in [5.41, 5.74) is 1.07. The topological polar surface area (TPSA) is 40.6 Å². The summed E-state index contributed by atoms with van der Waals surface area (Å²) < 4.78 is 0. The van der Waals surface area contributed by atoms with Crippen LogP contribution in [0.5, 0.6) is 0 Å². The van der Waals surface area contributed by atoms with Gasteiger partial charge in [0.05, 0.1) is 11.1 Å². The maximum Gasteiger partial charge on any atom is 0.261 e. The minimum absolute atomic E-state index is 0.155. The Balaban J connectivity index is 1.46. The van der Waals surface area contributed by atoms with E-state index in [0.717, 1.165) is 19.5 Å². The molecule has 0 aliphatic carbocycles. The zero-order valence-corrected chi connectivity index (χ0v) is 13.6. The lowest BCUT2D eigenvalue weighted by atomic mass is 10.1. The molecule has 0 bridgehead atoms. The lowest BCUT2D eigenvalue weighted by Crippen LogP contribution is -2.38. The summed E-state index contributed by atoms with van der Waals surface area (Å²) >= 11 is 1.78. The maximum atomic E-state index is 12.4. The van der Waals surface area contributed by atoms with Gasteiger partial charge < -0.3 is 0 Å². The van der Waals surface area contributed by atoms with Gasteiger partial charge in [0, 0.05) is 24.0 Å². The summed E-state index contributed by atoms with van der Waals surface area (Å²) in [5, 5.41) is 2.11. The summed E-state index contributed by atoms with van der Waals surface area (Å²) in [4.78, 5) is 30.0. The van der Waals surface area contributed by atoms with E-state index in [2.05, 4.69) is 22.4 Å². The van der Waals surface area contributed by atoms with Gasteiger partial charge in [-0.25, -0.2) is 0 Å². The smallest absolute Gasteiger partial charge is 0.261 e. The maximum absolute atomic E-state index is 12.4. The second-order valence-electron chi connectivity index (χ2n) is 6.02. The van der Waals surface area contributed by atoms with E-state index < -0.39 is 0 Å². The van der Waals surface area contributed by atoms with Gasteiger partial charge in [-0.05, 0) is 43.0 Å². The average Bonchev–Trinajstić information content (AvgIpc) is 3.28. The van der Waals surface area contributed by atoms with Gasteiger partial charge in [-0.2, -0.15) is 0 Å². The molecule has 0 spiro atoms. The third-order valence-corrected chi connectivity index (χ3v) is 5.70. The first kappa shape index (κ1) is 14.6. The highest BCUT2D eigenvalue weighted by atomic mass is 32.1. The van der Waals surface area contributed by atoms with Crippen LogP contribution in [-0.2, 0) is 0 Å². The van der Waals surface area contributed by atoms with E-state index in [9.17, 15) is 9.59 Å². The van der Waals surface area contributed by atoms with E-state index in [-0.39, 0.29) is 11.8 Å². The molecule has 0 N–H and O–H groups in total. The summed E-state index contributed by atoms with van der Waals surface area (Å²) in [6.07, 6.45) is 2.33. The van der Waals surface area contributed by atoms with Crippen molar-refractivity contribution in [1.29, 1.82) is 0 Å². The van der Waals surface area contributed by atoms with Crippen molar-refractivity contribution in [2.75, 3.05) is 19.6 Å². The fourth-order valence-corrected chi connectivity index (χ4v) is 4.46. The van der Waals surface area contributed by atoms with Gasteiger partial charge >= 0.3 is 0 Å². The van der Waals surface area contributed by atoms with Crippen molar-refractivity contribution in [3.05, 3.63) is 57.8 Å². The number of hydrogen-bond acceptors (Lipinski definition) is 4. The number of nitrogens with zero attached hydrogens (tertiary/aromatic N) is 2. The lowest BCUT2D eigenvalue weighted by Gasteiger charge is -2.25. The molecule has 1 aromatic carbocycles. The molecule has 4 nitrogen and oxygen atoms in total. The quantitative estimate of drug-likeness (QED) is 0.810. The number of benzene rings is 1. The number of carbonyl (C=O) groups excluding carboxylic acids is 2. The summed E-state index contributed by atoms with van der Waals surface area (Å²) in [5.74, 6) is -0.310. The highest BCUT2D eigenvalue weighted by Gasteiger charge is 2.36. The van der Waals surface area contributed by atoms with E-state index in [1.54, 1.807) is 35.6 Å². The molecule has 0 unspecified atom stereocenters. The molecule has 5 heteroatoms. The molecular formula is C18H18N2O2S. The van der Waals surface area contributed by atoms with Crippen molar-refractivity contribution in [3.63, 3.8) is 0 Å². The molecule has 1 aromatic heterocycles. The largest absolute Gasteiger partial charge is 0.294 e. The van der Waals surface area contributed by atoms with Crippen LogP contribution < -0.4 is 0 Å². The third-order valence-electron chi connectivity index (χ3n) is 4.72. The normalized spacial score (nSPS) is 21.2. The van der Waals surface area contributed by atoms with Crippen LogP contribution in [0.4, 0.5) is 0 Å². The van der Waals surface area contributed by atoms with Gasteiger partial charge in [-0.1, -0.05) is 18.2 Å². The Bertz CT molecular complexity index is 706. The van der Waals surface area contributed by atoms with Gasteiger partial charge in [0.1, 0.15) is 0 Å². The first-order valence-electron chi connectivity index (χ1n) is 7.98. The van der Waals surface area contributed by atoms with Crippen molar-refractivity contribution < 1.29 is 9.59 Å². The predicted octanol–water partition coefficient (Wildman–Crippen LogP) is 3.18. The first-order valence-corrected chi connectivity index (χ1v) is 8.86. The van der Waals surface area contributed by atoms with Gasteiger partial charge in [0.25, 0.3) is 11.8 Å². The fourth-order valence-electron chi connectivity index (χ4n) is 3.57. The highest BCUT2D eigenvalue weighted by molar-refractivity contribution is 7.10. The van der Waals surface area contributed by atoms with Crippen molar-refractivity contribution in [2.45, 2.75) is 18.9 Å². The number of hydrogen-bond donors (Lipinski definition) is 0. The van der Waals surface area contributed by atoms with E-state index in [4.69, 9.17) is 0 Å². The van der Waals surface area contributed by atoms with Gasteiger partial charge in [0.2, 0.25) is 0 Å². The van der Waals surface area contributed by atoms with Crippen LogP contribution in [0.25, 0.3) is 0 Å². The van der Waals surface area contributed by atoms with Crippen LogP contribution in [-0.4, -0.2) is 41.2 Å². The number of fused-ring (bicyclic) bond motifs is 1. The number of thiophene rings is 1. The Kier molecular flexibility index (Phi) is 3.75. The van der Waals surface area contributed by atoms with Crippen LogP contribution in [0.15, 0.2) is 41.8 Å². The number of rotatable bonds is 4. The van der Waals surface area contributed by atoms with Crippen LogP contribution in [0.3, 0.4) is 0 Å².